The van der Waals surface area contributed by atoms with Crippen LogP contribution < -0.4 is 4.74 Å². The molecule has 0 amide bonds. The van der Waals surface area contributed by atoms with Crippen LogP contribution in [0, 0.1) is 17.5 Å². The lowest BCUT2D eigenvalue weighted by Crippen LogP contribution is -2.14. The molecule has 1 unspecified atom stereocenters. The molecule has 1 atom stereocenters. The van der Waals surface area contributed by atoms with E-state index in [0.29, 0.717) is 12.0 Å². The average molecular weight is 489 g/mol. The Balaban J connectivity index is 1.74. The number of hydrogen-bond donors (Lipinski definition) is 0. The Bertz CT molecular complexity index is 1080. The summed E-state index contributed by atoms with van der Waals surface area (Å²) in [6, 6.07) is 11.5. The van der Waals surface area contributed by atoms with E-state index in [1.165, 1.54) is 37.0 Å². The highest BCUT2D eigenvalue weighted by Gasteiger charge is 2.20. The third-order valence-corrected chi connectivity index (χ3v) is 6.47. The molecule has 0 saturated heterocycles. The molecule has 5 heteroatoms. The molecule has 0 aliphatic heterocycles. The molecule has 1 nitrogen and oxygen atoms in total. The van der Waals surface area contributed by atoms with E-state index in [2.05, 4.69) is 13.8 Å². The maximum atomic E-state index is 15.3. The fraction of sp³-hybridized carbons (Fsp3) is 0.467. The van der Waals surface area contributed by atoms with Crippen molar-refractivity contribution in [1.82, 2.24) is 0 Å². The van der Waals surface area contributed by atoms with Gasteiger partial charge in [-0.1, -0.05) is 95.2 Å². The summed E-state index contributed by atoms with van der Waals surface area (Å²) in [5.41, 5.74) is 2.10. The zero-order chi connectivity index (χ0) is 25.2. The molecule has 0 aliphatic carbocycles. The topological polar surface area (TPSA) is 9.23 Å². The average Bonchev–Trinajstić information content (AvgIpc) is 2.85. The van der Waals surface area contributed by atoms with Crippen molar-refractivity contribution in [1.29, 1.82) is 0 Å². The summed E-state index contributed by atoms with van der Waals surface area (Å²) >= 11 is 0. The van der Waals surface area contributed by atoms with E-state index in [1.807, 2.05) is 24.3 Å². The molecule has 0 aliphatic rings. The standard InChI is InChI=1S/C30H36F4O/c1-3-5-7-9-11-21-13-15-22(16-14-21)24-17-18-25-26(28(24)33)19-27(32)30(29(25)34)35-20-23(31)12-10-8-6-4-2/h13-19,23H,3-12,20H2,1-2H3. The minimum Gasteiger partial charge on any atom is -0.485 e. The molecule has 0 aromatic heterocycles. The highest BCUT2D eigenvalue weighted by molar-refractivity contribution is 5.90. The minimum atomic E-state index is -1.31. The molecule has 3 aromatic rings. The van der Waals surface area contributed by atoms with Crippen LogP contribution in [0.25, 0.3) is 21.9 Å². The Morgan fingerprint density at radius 2 is 1.43 bits per heavy atom. The number of aryl methyl sites for hydroxylation is 1. The van der Waals surface area contributed by atoms with Crippen LogP contribution in [0.4, 0.5) is 17.6 Å². The molecule has 35 heavy (non-hydrogen) atoms. The van der Waals surface area contributed by atoms with Crippen molar-refractivity contribution in [3.05, 3.63) is 65.5 Å². The number of alkyl halides is 1. The van der Waals surface area contributed by atoms with E-state index < -0.39 is 36.0 Å². The lowest BCUT2D eigenvalue weighted by molar-refractivity contribution is 0.174. The normalized spacial score (nSPS) is 12.3. The summed E-state index contributed by atoms with van der Waals surface area (Å²) in [6.45, 7) is 3.81. The van der Waals surface area contributed by atoms with E-state index >= 15 is 8.78 Å². The zero-order valence-electron chi connectivity index (χ0n) is 20.8. The summed E-state index contributed by atoms with van der Waals surface area (Å²) in [7, 11) is 0. The molecule has 0 spiro atoms. The van der Waals surface area contributed by atoms with Crippen LogP contribution in [-0.4, -0.2) is 12.8 Å². The lowest BCUT2D eigenvalue weighted by Gasteiger charge is -2.14. The van der Waals surface area contributed by atoms with Crippen LogP contribution >= 0.6 is 0 Å². The van der Waals surface area contributed by atoms with E-state index in [4.69, 9.17) is 4.74 Å². The van der Waals surface area contributed by atoms with Gasteiger partial charge in [-0.3, -0.25) is 0 Å². The van der Waals surface area contributed by atoms with Crippen molar-refractivity contribution in [2.45, 2.75) is 84.2 Å². The van der Waals surface area contributed by atoms with Crippen molar-refractivity contribution >= 4 is 10.8 Å². The zero-order valence-corrected chi connectivity index (χ0v) is 20.8. The second kappa shape index (κ2) is 13.5. The number of rotatable bonds is 14. The van der Waals surface area contributed by atoms with Crippen LogP contribution in [0.3, 0.4) is 0 Å². The monoisotopic (exact) mass is 488 g/mol. The summed E-state index contributed by atoms with van der Waals surface area (Å²) in [5.74, 6) is -3.40. The van der Waals surface area contributed by atoms with Crippen LogP contribution in [0.15, 0.2) is 42.5 Å². The highest BCUT2D eigenvalue weighted by Crippen LogP contribution is 2.35. The van der Waals surface area contributed by atoms with Gasteiger partial charge in [0.05, 0.1) is 0 Å². The summed E-state index contributed by atoms with van der Waals surface area (Å²) in [5, 5.41) is -0.251. The number of unbranched alkanes of at least 4 members (excludes halogenated alkanes) is 6. The third kappa shape index (κ3) is 7.22. The minimum absolute atomic E-state index is 0.0893. The number of hydrogen-bond acceptors (Lipinski definition) is 1. The van der Waals surface area contributed by atoms with Gasteiger partial charge in [0.15, 0.2) is 17.4 Å². The predicted octanol–water partition coefficient (Wildman–Crippen LogP) is 9.73. The van der Waals surface area contributed by atoms with Crippen molar-refractivity contribution in [2.75, 3.05) is 6.61 Å². The quantitative estimate of drug-likeness (QED) is 0.162. The van der Waals surface area contributed by atoms with Crippen molar-refractivity contribution in [3.8, 4) is 16.9 Å². The lowest BCUT2D eigenvalue weighted by atomic mass is 9.97. The molecule has 0 bridgehead atoms. The molecular weight excluding hydrogens is 452 g/mol. The molecule has 0 radical (unpaired) electrons. The molecule has 0 fully saturated rings. The van der Waals surface area contributed by atoms with Crippen molar-refractivity contribution in [3.63, 3.8) is 0 Å². The van der Waals surface area contributed by atoms with Gasteiger partial charge in [0.1, 0.15) is 18.6 Å². The van der Waals surface area contributed by atoms with Gasteiger partial charge in [-0.15, -0.1) is 0 Å². The maximum Gasteiger partial charge on any atom is 0.191 e. The van der Waals surface area contributed by atoms with Crippen LogP contribution in [0.2, 0.25) is 0 Å². The number of benzene rings is 3. The first-order chi connectivity index (χ1) is 17.0. The molecule has 0 heterocycles. The largest absolute Gasteiger partial charge is 0.485 e. The second-order valence-electron chi connectivity index (χ2n) is 9.29. The predicted molar refractivity (Wildman–Crippen MR) is 136 cm³/mol. The van der Waals surface area contributed by atoms with E-state index in [0.717, 1.165) is 38.2 Å². The maximum absolute atomic E-state index is 15.3. The van der Waals surface area contributed by atoms with Crippen LogP contribution in [0.5, 0.6) is 5.75 Å². The Morgan fingerprint density at radius 3 is 2.11 bits per heavy atom. The van der Waals surface area contributed by atoms with Crippen molar-refractivity contribution < 1.29 is 22.3 Å². The number of halogens is 4. The van der Waals surface area contributed by atoms with Crippen molar-refractivity contribution in [2.24, 2.45) is 0 Å². The molecule has 0 saturated carbocycles. The third-order valence-electron chi connectivity index (χ3n) is 6.47. The van der Waals surface area contributed by atoms with Crippen LogP contribution in [0.1, 0.15) is 77.2 Å². The van der Waals surface area contributed by atoms with Gasteiger partial charge in [-0.2, -0.15) is 0 Å². The molecule has 3 aromatic carbocycles. The Kier molecular flexibility index (Phi) is 10.4. The first kappa shape index (κ1) is 27.0. The van der Waals surface area contributed by atoms with Gasteiger partial charge >= 0.3 is 0 Å². The number of fused-ring (bicyclic) bond motifs is 1. The Labute approximate surface area is 206 Å². The summed E-state index contributed by atoms with van der Waals surface area (Å²) in [4.78, 5) is 0. The first-order valence-electron chi connectivity index (χ1n) is 12.9. The summed E-state index contributed by atoms with van der Waals surface area (Å²) in [6.07, 6.45) is 8.33. The van der Waals surface area contributed by atoms with Gasteiger partial charge in [0.25, 0.3) is 0 Å². The van der Waals surface area contributed by atoms with E-state index in [1.54, 1.807) is 0 Å². The molecule has 3 rings (SSSR count). The fourth-order valence-corrected chi connectivity index (χ4v) is 4.36. The SMILES string of the molecule is CCCCCCc1ccc(-c2ccc3c(F)c(OCC(F)CCCCCC)c(F)cc3c2F)cc1. The highest BCUT2D eigenvalue weighted by atomic mass is 19.1. The first-order valence-corrected chi connectivity index (χ1v) is 12.9. The number of ether oxygens (including phenoxy) is 1. The van der Waals surface area contributed by atoms with Crippen LogP contribution in [-0.2, 0) is 6.42 Å². The second-order valence-corrected chi connectivity index (χ2v) is 9.29. The Morgan fingerprint density at radius 1 is 0.743 bits per heavy atom. The fourth-order valence-electron chi connectivity index (χ4n) is 4.36. The van der Waals surface area contributed by atoms with Gasteiger partial charge in [0.2, 0.25) is 0 Å². The van der Waals surface area contributed by atoms with E-state index in [-0.39, 0.29) is 22.8 Å². The molecule has 0 N–H and O–H groups in total. The molecular formula is C30H36F4O. The van der Waals surface area contributed by atoms with E-state index in [9.17, 15) is 8.78 Å². The smallest absolute Gasteiger partial charge is 0.191 e. The van der Waals surface area contributed by atoms with Gasteiger partial charge < -0.3 is 4.74 Å². The van der Waals surface area contributed by atoms with Gasteiger partial charge in [-0.05, 0) is 36.5 Å². The van der Waals surface area contributed by atoms with Gasteiger partial charge in [-0.25, -0.2) is 17.6 Å². The molecule has 190 valence electrons. The van der Waals surface area contributed by atoms with Gasteiger partial charge in [0, 0.05) is 16.3 Å². The summed E-state index contributed by atoms with van der Waals surface area (Å²) < 4.78 is 64.3. The Hall–Kier alpha value is -2.56.